The van der Waals surface area contributed by atoms with Crippen LogP contribution in [0.2, 0.25) is 0 Å². The molecular weight excluding hydrogens is 348 g/mol. The molecule has 5 nitrogen and oxygen atoms in total. The first-order valence-corrected chi connectivity index (χ1v) is 9.02. The lowest BCUT2D eigenvalue weighted by Gasteiger charge is -2.17. The molecular formula is C20H20N2O3S. The smallest absolute Gasteiger partial charge is 0.291 e. The third-order valence-corrected chi connectivity index (χ3v) is 5.12. The zero-order valence-corrected chi connectivity index (χ0v) is 15.7. The van der Waals surface area contributed by atoms with Crippen LogP contribution in [-0.2, 0) is 6.54 Å². The maximum atomic E-state index is 12.8. The summed E-state index contributed by atoms with van der Waals surface area (Å²) in [5.41, 5.74) is 3.10. The number of nitrogens with one attached hydrogen (secondary N) is 1. The van der Waals surface area contributed by atoms with Gasteiger partial charge in [-0.15, -0.1) is 11.3 Å². The number of furan rings is 1. The predicted octanol–water partition coefficient (Wildman–Crippen LogP) is 4.48. The Morgan fingerprint density at radius 3 is 2.54 bits per heavy atom. The maximum Gasteiger partial charge on any atom is 0.291 e. The normalized spacial score (nSPS) is 10.6. The fourth-order valence-corrected chi connectivity index (χ4v) is 3.61. The number of hydrogen-bond acceptors (Lipinski definition) is 4. The molecule has 134 valence electrons. The Labute approximate surface area is 156 Å². The van der Waals surface area contributed by atoms with E-state index < -0.39 is 0 Å². The lowest BCUT2D eigenvalue weighted by atomic mass is 10.1. The second-order valence-corrected chi connectivity index (χ2v) is 7.25. The number of aryl methyl sites for hydroxylation is 2. The number of carbonyl (C=O) groups excluding carboxylic acids is 2. The summed E-state index contributed by atoms with van der Waals surface area (Å²) in [7, 11) is 1.78. The van der Waals surface area contributed by atoms with Crippen molar-refractivity contribution in [3.63, 3.8) is 0 Å². The van der Waals surface area contributed by atoms with Crippen LogP contribution < -0.4 is 5.32 Å². The molecule has 2 aromatic heterocycles. The van der Waals surface area contributed by atoms with Crippen LogP contribution in [0.1, 0.15) is 36.9 Å². The minimum Gasteiger partial charge on any atom is -0.459 e. The van der Waals surface area contributed by atoms with Crippen LogP contribution in [-0.4, -0.2) is 23.8 Å². The van der Waals surface area contributed by atoms with Crippen LogP contribution in [0.3, 0.4) is 0 Å². The topological polar surface area (TPSA) is 62.6 Å². The Bertz CT molecular complexity index is 911. The summed E-state index contributed by atoms with van der Waals surface area (Å²) in [6.45, 7) is 4.43. The third kappa shape index (κ3) is 4.03. The van der Waals surface area contributed by atoms with E-state index in [2.05, 4.69) is 5.32 Å². The third-order valence-electron chi connectivity index (χ3n) is 3.98. The number of rotatable bonds is 5. The number of nitrogens with zero attached hydrogens (tertiary/aromatic N) is 1. The molecule has 2 heterocycles. The van der Waals surface area contributed by atoms with Crippen molar-refractivity contribution in [3.05, 3.63) is 76.1 Å². The van der Waals surface area contributed by atoms with Gasteiger partial charge in [0.05, 0.1) is 16.1 Å². The molecule has 0 unspecified atom stereocenters. The van der Waals surface area contributed by atoms with Gasteiger partial charge in [0, 0.05) is 13.6 Å². The van der Waals surface area contributed by atoms with Crippen molar-refractivity contribution in [1.82, 2.24) is 4.90 Å². The first-order chi connectivity index (χ1) is 12.4. The van der Waals surface area contributed by atoms with Gasteiger partial charge in [0.15, 0.2) is 5.76 Å². The minimum atomic E-state index is -0.330. The van der Waals surface area contributed by atoms with E-state index in [0.717, 1.165) is 11.1 Å². The molecule has 26 heavy (non-hydrogen) atoms. The number of thiophene rings is 1. The Morgan fingerprint density at radius 1 is 1.15 bits per heavy atom. The molecule has 0 bridgehead atoms. The van der Waals surface area contributed by atoms with Gasteiger partial charge in [0.25, 0.3) is 11.8 Å². The van der Waals surface area contributed by atoms with Crippen LogP contribution >= 0.6 is 11.3 Å². The summed E-state index contributed by atoms with van der Waals surface area (Å²) in [6.07, 6.45) is 1.45. The highest BCUT2D eigenvalue weighted by Crippen LogP contribution is 2.28. The quantitative estimate of drug-likeness (QED) is 0.722. The van der Waals surface area contributed by atoms with Crippen LogP contribution in [0.5, 0.6) is 0 Å². The van der Waals surface area contributed by atoms with Gasteiger partial charge in [-0.25, -0.2) is 0 Å². The second kappa shape index (κ2) is 7.58. The van der Waals surface area contributed by atoms with Crippen molar-refractivity contribution in [3.8, 4) is 0 Å². The first kappa shape index (κ1) is 17.9. The van der Waals surface area contributed by atoms with E-state index in [0.29, 0.717) is 16.4 Å². The molecule has 0 aliphatic heterocycles. The van der Waals surface area contributed by atoms with Gasteiger partial charge in [0.1, 0.15) is 0 Å². The summed E-state index contributed by atoms with van der Waals surface area (Å²) in [5, 5.41) is 3.39. The van der Waals surface area contributed by atoms with E-state index in [-0.39, 0.29) is 17.6 Å². The highest BCUT2D eigenvalue weighted by atomic mass is 32.1. The van der Waals surface area contributed by atoms with Crippen molar-refractivity contribution in [2.75, 3.05) is 12.4 Å². The van der Waals surface area contributed by atoms with Crippen molar-refractivity contribution < 1.29 is 14.0 Å². The molecule has 0 aliphatic carbocycles. The summed E-state index contributed by atoms with van der Waals surface area (Å²) in [5.74, 6) is -0.157. The molecule has 0 fully saturated rings. The van der Waals surface area contributed by atoms with Crippen molar-refractivity contribution in [2.24, 2.45) is 0 Å². The average molecular weight is 368 g/mol. The molecule has 3 rings (SSSR count). The molecule has 0 atom stereocenters. The Morgan fingerprint density at radius 2 is 1.88 bits per heavy atom. The summed E-state index contributed by atoms with van der Waals surface area (Å²) >= 11 is 1.27. The number of carbonyl (C=O) groups is 2. The van der Waals surface area contributed by atoms with Gasteiger partial charge in [-0.1, -0.05) is 29.8 Å². The largest absolute Gasteiger partial charge is 0.459 e. The molecule has 2 amide bonds. The molecule has 6 heteroatoms. The molecule has 1 N–H and O–H groups in total. The number of anilines is 1. The molecule has 0 radical (unpaired) electrons. The number of benzene rings is 1. The Balaban J connectivity index is 1.70. The van der Waals surface area contributed by atoms with Gasteiger partial charge in [0.2, 0.25) is 0 Å². The number of hydrogen-bond donors (Lipinski definition) is 1. The summed E-state index contributed by atoms with van der Waals surface area (Å²) < 4.78 is 5.08. The molecule has 3 aromatic rings. The summed E-state index contributed by atoms with van der Waals surface area (Å²) in [6, 6.07) is 13.2. The van der Waals surface area contributed by atoms with E-state index in [9.17, 15) is 9.59 Å². The molecule has 0 saturated carbocycles. The Kier molecular flexibility index (Phi) is 5.23. The van der Waals surface area contributed by atoms with Crippen molar-refractivity contribution in [2.45, 2.75) is 20.4 Å². The van der Waals surface area contributed by atoms with E-state index in [1.165, 1.54) is 23.2 Å². The zero-order valence-electron chi connectivity index (χ0n) is 14.9. The highest BCUT2D eigenvalue weighted by Gasteiger charge is 2.19. The molecule has 0 spiro atoms. The SMILES string of the molecule is Cc1ccc(CN(C)C(=O)c2sc(NC(=O)c3ccco3)cc2C)cc1. The molecule has 0 aliphatic rings. The van der Waals surface area contributed by atoms with Crippen molar-refractivity contribution >= 4 is 28.2 Å². The first-order valence-electron chi connectivity index (χ1n) is 8.20. The second-order valence-electron chi connectivity index (χ2n) is 6.20. The van der Waals surface area contributed by atoms with E-state index in [4.69, 9.17) is 4.42 Å². The van der Waals surface area contributed by atoms with Gasteiger partial charge in [-0.05, 0) is 43.2 Å². The fraction of sp³-hybridized carbons (Fsp3) is 0.200. The van der Waals surface area contributed by atoms with Crippen LogP contribution in [0.25, 0.3) is 0 Å². The predicted molar refractivity (Wildman–Crippen MR) is 103 cm³/mol. The van der Waals surface area contributed by atoms with Gasteiger partial charge in [-0.3, -0.25) is 9.59 Å². The highest BCUT2D eigenvalue weighted by molar-refractivity contribution is 7.18. The van der Waals surface area contributed by atoms with E-state index >= 15 is 0 Å². The standard InChI is InChI=1S/C20H20N2O3S/c1-13-6-8-15(9-7-13)12-22(3)20(24)18-14(2)11-17(26-18)21-19(23)16-5-4-10-25-16/h4-11H,12H2,1-3H3,(H,21,23). The van der Waals surface area contributed by atoms with E-state index in [1.807, 2.05) is 38.1 Å². The fourth-order valence-electron chi connectivity index (χ4n) is 2.55. The van der Waals surface area contributed by atoms with Gasteiger partial charge < -0.3 is 14.6 Å². The molecule has 0 saturated heterocycles. The van der Waals surface area contributed by atoms with Gasteiger partial charge >= 0.3 is 0 Å². The lowest BCUT2D eigenvalue weighted by molar-refractivity contribution is 0.0789. The monoisotopic (exact) mass is 368 g/mol. The number of amides is 2. The zero-order chi connectivity index (χ0) is 18.7. The van der Waals surface area contributed by atoms with Crippen LogP contribution in [0.4, 0.5) is 5.00 Å². The van der Waals surface area contributed by atoms with E-state index in [1.54, 1.807) is 30.1 Å². The Hall–Kier alpha value is -2.86. The molecule has 1 aromatic carbocycles. The maximum absolute atomic E-state index is 12.8. The average Bonchev–Trinajstić information content (AvgIpc) is 3.26. The summed E-state index contributed by atoms with van der Waals surface area (Å²) in [4.78, 5) is 27.1. The van der Waals surface area contributed by atoms with Crippen molar-refractivity contribution in [1.29, 1.82) is 0 Å². The lowest BCUT2D eigenvalue weighted by Crippen LogP contribution is -2.25. The minimum absolute atomic E-state index is 0.0634. The van der Waals surface area contributed by atoms with Crippen LogP contribution in [0.15, 0.2) is 53.1 Å². The van der Waals surface area contributed by atoms with Crippen LogP contribution in [0, 0.1) is 13.8 Å². The van der Waals surface area contributed by atoms with Gasteiger partial charge in [-0.2, -0.15) is 0 Å².